The van der Waals surface area contributed by atoms with Crippen LogP contribution in [0.25, 0.3) is 11.2 Å². The van der Waals surface area contributed by atoms with Gasteiger partial charge in [-0.3, -0.25) is 14.4 Å². The lowest BCUT2D eigenvalue weighted by Crippen LogP contribution is -2.50. The number of aromatic nitrogens is 4. The third kappa shape index (κ3) is 5.19. The summed E-state index contributed by atoms with van der Waals surface area (Å²) in [6.07, 6.45) is 4.24. The summed E-state index contributed by atoms with van der Waals surface area (Å²) in [6, 6.07) is 7.81. The number of H-pyrrole nitrogens is 1. The van der Waals surface area contributed by atoms with Crippen LogP contribution in [0.4, 0.5) is 5.82 Å². The number of carbonyl (C=O) groups is 1. The summed E-state index contributed by atoms with van der Waals surface area (Å²) in [4.78, 5) is 54.2. The Morgan fingerprint density at radius 1 is 1.13 bits per heavy atom. The van der Waals surface area contributed by atoms with E-state index in [2.05, 4.69) is 39.0 Å². The molecule has 0 saturated carbocycles. The van der Waals surface area contributed by atoms with Crippen LogP contribution in [0.3, 0.4) is 0 Å². The van der Waals surface area contributed by atoms with E-state index in [9.17, 15) is 14.4 Å². The molecule has 2 fully saturated rings. The molecule has 2 unspecified atom stereocenters. The Balaban J connectivity index is 1.48. The minimum atomic E-state index is -0.710. The summed E-state index contributed by atoms with van der Waals surface area (Å²) in [6.45, 7) is 6.73. The number of hydrogen-bond donors (Lipinski definition) is 2. The minimum Gasteiger partial charge on any atom is -0.350 e. The quantitative estimate of drug-likeness (QED) is 0.462. The molecule has 2 aromatic heterocycles. The number of aryl methyl sites for hydroxylation is 1. The highest BCUT2D eigenvalue weighted by molar-refractivity contribution is 6.30. The summed E-state index contributed by atoms with van der Waals surface area (Å²) in [5, 5.41) is 4.09. The molecule has 0 spiro atoms. The van der Waals surface area contributed by atoms with E-state index >= 15 is 0 Å². The van der Waals surface area contributed by atoms with Gasteiger partial charge in [-0.2, -0.15) is 0 Å². The Hall–Kier alpha value is -3.24. The lowest BCUT2D eigenvalue weighted by molar-refractivity contribution is -0.133. The van der Waals surface area contributed by atoms with E-state index in [-0.39, 0.29) is 23.9 Å². The molecule has 2 aliphatic rings. The number of aromatic amines is 1. The van der Waals surface area contributed by atoms with Crippen molar-refractivity contribution in [3.05, 3.63) is 61.9 Å². The monoisotopic (exact) mass is 539 g/mol. The van der Waals surface area contributed by atoms with Gasteiger partial charge >= 0.3 is 11.1 Å². The lowest BCUT2D eigenvalue weighted by atomic mass is 9.95. The van der Waals surface area contributed by atoms with Crippen molar-refractivity contribution in [2.24, 2.45) is 13.0 Å². The smallest absolute Gasteiger partial charge is 0.316 e. The van der Waals surface area contributed by atoms with E-state index in [1.54, 1.807) is 7.05 Å². The highest BCUT2D eigenvalue weighted by Crippen LogP contribution is 2.33. The van der Waals surface area contributed by atoms with Gasteiger partial charge in [0.25, 0.3) is 0 Å². The Kier molecular flexibility index (Phi) is 7.54. The molecule has 38 heavy (non-hydrogen) atoms. The molecule has 0 aliphatic carbocycles. The van der Waals surface area contributed by atoms with Crippen molar-refractivity contribution in [3.63, 3.8) is 0 Å². The molecule has 5 rings (SSSR count). The Morgan fingerprint density at radius 2 is 1.89 bits per heavy atom. The second kappa shape index (κ2) is 10.9. The summed E-state index contributed by atoms with van der Waals surface area (Å²) in [5.74, 6) is 0.757. The van der Waals surface area contributed by atoms with Crippen molar-refractivity contribution in [3.8, 4) is 0 Å². The first-order valence-corrected chi connectivity index (χ1v) is 13.6. The van der Waals surface area contributed by atoms with Crippen molar-refractivity contribution in [2.75, 3.05) is 31.1 Å². The fourth-order valence-electron chi connectivity index (χ4n) is 5.72. The molecule has 4 heterocycles. The van der Waals surface area contributed by atoms with Crippen LogP contribution in [-0.4, -0.2) is 68.6 Å². The van der Waals surface area contributed by atoms with Gasteiger partial charge in [-0.05, 0) is 42.9 Å². The summed E-state index contributed by atoms with van der Waals surface area (Å²) in [7, 11) is 1.57. The number of nitrogens with zero attached hydrogens (tertiary/aromatic N) is 5. The van der Waals surface area contributed by atoms with E-state index in [4.69, 9.17) is 11.6 Å². The first kappa shape index (κ1) is 26.4. The van der Waals surface area contributed by atoms with Crippen LogP contribution in [0.5, 0.6) is 0 Å². The number of amides is 1. The number of anilines is 1. The number of rotatable bonds is 6. The zero-order valence-electron chi connectivity index (χ0n) is 22.0. The molecule has 2 N–H and O–H groups in total. The number of halogens is 1. The molecule has 2 bridgehead atoms. The molecule has 2 aliphatic heterocycles. The van der Waals surface area contributed by atoms with Crippen molar-refractivity contribution in [1.29, 1.82) is 0 Å². The minimum absolute atomic E-state index is 0.0236. The van der Waals surface area contributed by atoms with Crippen LogP contribution in [0.2, 0.25) is 5.02 Å². The summed E-state index contributed by atoms with van der Waals surface area (Å²) >= 11 is 6.14. The van der Waals surface area contributed by atoms with Gasteiger partial charge in [0.05, 0.1) is 5.92 Å². The molecule has 1 aromatic carbocycles. The second-order valence-electron chi connectivity index (χ2n) is 10.7. The van der Waals surface area contributed by atoms with E-state index in [0.29, 0.717) is 41.0 Å². The number of hydrogen-bond acceptors (Lipinski definition) is 7. The van der Waals surface area contributed by atoms with Crippen LogP contribution in [-0.2, 0) is 11.8 Å². The highest BCUT2D eigenvalue weighted by Gasteiger charge is 2.37. The van der Waals surface area contributed by atoms with Gasteiger partial charge in [0, 0.05) is 50.3 Å². The average molecular weight is 540 g/mol. The molecule has 1 amide bonds. The van der Waals surface area contributed by atoms with Gasteiger partial charge in [0.2, 0.25) is 5.91 Å². The maximum Gasteiger partial charge on any atom is 0.316 e. The van der Waals surface area contributed by atoms with Gasteiger partial charge in [-0.25, -0.2) is 9.97 Å². The van der Waals surface area contributed by atoms with Gasteiger partial charge in [0.15, 0.2) is 11.5 Å². The van der Waals surface area contributed by atoms with Crippen LogP contribution in [0, 0.1) is 5.92 Å². The normalized spacial score (nSPS) is 20.6. The molecule has 202 valence electrons. The number of fused-ring (bicyclic) bond motifs is 4. The first-order valence-electron chi connectivity index (χ1n) is 13.2. The van der Waals surface area contributed by atoms with E-state index in [1.165, 1.54) is 10.9 Å². The van der Waals surface area contributed by atoms with Gasteiger partial charge in [-0.1, -0.05) is 37.6 Å². The van der Waals surface area contributed by atoms with Crippen molar-refractivity contribution < 1.29 is 4.79 Å². The fraction of sp³-hybridized carbons (Fsp3) is 0.519. The van der Waals surface area contributed by atoms with Crippen LogP contribution >= 0.6 is 11.6 Å². The van der Waals surface area contributed by atoms with Gasteiger partial charge in [0.1, 0.15) is 11.8 Å². The second-order valence-corrected chi connectivity index (χ2v) is 11.1. The Bertz CT molecular complexity index is 1440. The largest absolute Gasteiger partial charge is 0.350 e. The number of nitrogens with one attached hydrogen (secondary N) is 2. The first-order chi connectivity index (χ1) is 18.2. The topological polar surface area (TPSA) is 116 Å². The van der Waals surface area contributed by atoms with Gasteiger partial charge < -0.3 is 24.7 Å². The number of carbonyl (C=O) groups excluding carboxylic acids is 1. The zero-order chi connectivity index (χ0) is 27.0. The average Bonchev–Trinajstić information content (AvgIpc) is 3.22. The maximum absolute atomic E-state index is 14.1. The lowest BCUT2D eigenvalue weighted by Gasteiger charge is -2.38. The predicted octanol–water partition coefficient (Wildman–Crippen LogP) is 2.27. The predicted molar refractivity (Wildman–Crippen MR) is 148 cm³/mol. The third-order valence-corrected chi connectivity index (χ3v) is 8.04. The molecular weight excluding hydrogens is 506 g/mol. The fourth-order valence-corrected chi connectivity index (χ4v) is 5.84. The molecule has 0 radical (unpaired) electrons. The van der Waals surface area contributed by atoms with Crippen LogP contribution in [0.15, 0.2) is 40.2 Å². The number of benzene rings is 1. The summed E-state index contributed by atoms with van der Waals surface area (Å²) < 4.78 is 1.33. The van der Waals surface area contributed by atoms with E-state index in [1.807, 2.05) is 29.2 Å². The third-order valence-electron chi connectivity index (χ3n) is 7.79. The van der Waals surface area contributed by atoms with Crippen molar-refractivity contribution in [1.82, 2.24) is 29.7 Å². The SMILES string of the molecule is CC(C)NC[C@@H](C(=O)N1CC2CCC(C1)N(c1ncnc3[nH]c(=O)c(=O)n(C)c13)CC2)c1ccc(Cl)cc1. The number of likely N-dealkylation sites (tertiary alicyclic amines) is 1. The van der Waals surface area contributed by atoms with E-state index < -0.39 is 11.1 Å². The molecule has 10 nitrogen and oxygen atoms in total. The summed E-state index contributed by atoms with van der Waals surface area (Å²) in [5.41, 5.74) is 0.413. The van der Waals surface area contributed by atoms with Crippen LogP contribution in [0.1, 0.15) is 44.6 Å². The van der Waals surface area contributed by atoms with Crippen molar-refractivity contribution in [2.45, 2.75) is 51.1 Å². The highest BCUT2D eigenvalue weighted by atomic mass is 35.5. The molecule has 2 saturated heterocycles. The zero-order valence-corrected chi connectivity index (χ0v) is 22.7. The molecule has 3 atom stereocenters. The molecule has 11 heteroatoms. The van der Waals surface area contributed by atoms with Gasteiger partial charge in [-0.15, -0.1) is 0 Å². The standard InChI is InChI=1S/C27H34ClN7O3/c1-16(2)29-12-21(18-5-7-19(28)8-6-18)26(37)34-13-17-4-9-20(14-34)35(11-10-17)24-22-23(30-15-31-24)32-25(36)27(38)33(22)3/h5-8,15-17,20-21,29H,4,9-14H2,1-3H3,(H,30,31,32,36)/t17?,20?,21-/m1/s1. The Morgan fingerprint density at radius 3 is 2.63 bits per heavy atom. The molecule has 3 aromatic rings. The van der Waals surface area contributed by atoms with Crippen LogP contribution < -0.4 is 21.3 Å². The van der Waals surface area contributed by atoms with Crippen molar-refractivity contribution >= 4 is 34.5 Å². The van der Waals surface area contributed by atoms with E-state index in [0.717, 1.165) is 37.9 Å². The Labute approximate surface area is 226 Å². The molecular formula is C27H34ClN7O3. The maximum atomic E-state index is 14.1.